The van der Waals surface area contributed by atoms with Crippen LogP contribution in [0, 0.1) is 0 Å². The molecule has 0 bridgehead atoms. The highest BCUT2D eigenvalue weighted by molar-refractivity contribution is 9.10. The maximum absolute atomic E-state index is 10.8. The lowest BCUT2D eigenvalue weighted by molar-refractivity contribution is 0.112. The Morgan fingerprint density at radius 2 is 2.00 bits per heavy atom. The van der Waals surface area contributed by atoms with Gasteiger partial charge in [0.05, 0.1) is 10.0 Å². The fourth-order valence-electron chi connectivity index (χ4n) is 1.03. The third-order valence-electron chi connectivity index (χ3n) is 1.53. The van der Waals surface area contributed by atoms with Gasteiger partial charge in [0.1, 0.15) is 5.75 Å². The number of halogens is 1. The van der Waals surface area contributed by atoms with Crippen molar-refractivity contribution in [2.24, 2.45) is 0 Å². The van der Waals surface area contributed by atoms with Crippen molar-refractivity contribution in [1.29, 1.82) is 0 Å². The van der Waals surface area contributed by atoms with Gasteiger partial charge in [0.25, 0.3) is 0 Å². The van der Waals surface area contributed by atoms with Crippen molar-refractivity contribution < 1.29 is 9.22 Å². The summed E-state index contributed by atoms with van der Waals surface area (Å²) in [5, 5.41) is 0. The van der Waals surface area contributed by atoms with E-state index in [1.54, 1.807) is 6.07 Å². The van der Waals surface area contributed by atoms with Gasteiger partial charge in [-0.2, -0.15) is 0 Å². The van der Waals surface area contributed by atoms with Crippen LogP contribution in [0.3, 0.4) is 0 Å². The van der Waals surface area contributed by atoms with Crippen molar-refractivity contribution >= 4 is 30.5 Å². The molecule has 0 amide bonds. The molecule has 0 radical (unpaired) electrons. The second-order valence-corrected chi connectivity index (χ2v) is 9.27. The van der Waals surface area contributed by atoms with Gasteiger partial charge in [-0.15, -0.1) is 0 Å². The van der Waals surface area contributed by atoms with Gasteiger partial charge >= 0.3 is 0 Å². The molecule has 2 nitrogen and oxygen atoms in total. The minimum Gasteiger partial charge on any atom is -0.543 e. The molecule has 4 heteroatoms. The standard InChI is InChI=1S/C10H13BrO2Si/c1-14(2,3)13-10-8(7-12)5-4-6-9(10)11/h4-7H,1-3H3. The highest BCUT2D eigenvalue weighted by Gasteiger charge is 2.19. The van der Waals surface area contributed by atoms with Gasteiger partial charge in [-0.25, -0.2) is 0 Å². The molecule has 0 atom stereocenters. The number of carbonyl (C=O) groups is 1. The normalized spacial score (nSPS) is 11.1. The molecular formula is C10H13BrO2Si. The maximum Gasteiger partial charge on any atom is 0.242 e. The monoisotopic (exact) mass is 272 g/mol. The Hall–Kier alpha value is -0.613. The summed E-state index contributed by atoms with van der Waals surface area (Å²) in [6, 6.07) is 5.46. The van der Waals surface area contributed by atoms with E-state index in [4.69, 9.17) is 4.43 Å². The number of benzene rings is 1. The molecule has 0 aliphatic rings. The molecule has 1 aromatic rings. The summed E-state index contributed by atoms with van der Waals surface area (Å²) >= 11 is 3.38. The summed E-state index contributed by atoms with van der Waals surface area (Å²) < 4.78 is 6.65. The molecule has 0 aliphatic carbocycles. The molecule has 0 N–H and O–H groups in total. The number of hydrogen-bond donors (Lipinski definition) is 0. The zero-order valence-electron chi connectivity index (χ0n) is 8.50. The van der Waals surface area contributed by atoms with Crippen molar-refractivity contribution in [3.63, 3.8) is 0 Å². The van der Waals surface area contributed by atoms with Crippen molar-refractivity contribution in [2.75, 3.05) is 0 Å². The van der Waals surface area contributed by atoms with Crippen LogP contribution in [-0.4, -0.2) is 14.6 Å². The third kappa shape index (κ3) is 2.96. The highest BCUT2D eigenvalue weighted by Crippen LogP contribution is 2.30. The van der Waals surface area contributed by atoms with E-state index in [1.807, 2.05) is 12.1 Å². The molecule has 1 aromatic carbocycles. The predicted octanol–water partition coefficient (Wildman–Crippen LogP) is 3.48. The molecule has 0 spiro atoms. The predicted molar refractivity (Wildman–Crippen MR) is 63.5 cm³/mol. The first-order chi connectivity index (χ1) is 6.44. The van der Waals surface area contributed by atoms with Crippen LogP contribution < -0.4 is 4.43 Å². The summed E-state index contributed by atoms with van der Waals surface area (Å²) in [6.45, 7) is 6.25. The number of hydrogen-bond acceptors (Lipinski definition) is 2. The van der Waals surface area contributed by atoms with Gasteiger partial charge in [0.2, 0.25) is 8.32 Å². The molecule has 0 saturated heterocycles. The van der Waals surface area contributed by atoms with Crippen LogP contribution in [0.15, 0.2) is 22.7 Å². The van der Waals surface area contributed by atoms with Gasteiger partial charge in [-0.3, -0.25) is 4.79 Å². The summed E-state index contributed by atoms with van der Waals surface area (Å²) in [5.74, 6) is 0.668. The Balaban J connectivity index is 3.11. The Kier molecular flexibility index (Phi) is 3.50. The minimum atomic E-state index is -1.67. The van der Waals surface area contributed by atoms with Crippen LogP contribution >= 0.6 is 15.9 Å². The summed E-state index contributed by atoms with van der Waals surface area (Å²) in [6.07, 6.45) is 0.820. The second kappa shape index (κ2) is 4.27. The van der Waals surface area contributed by atoms with E-state index in [-0.39, 0.29) is 0 Å². The van der Waals surface area contributed by atoms with Crippen LogP contribution in [0.5, 0.6) is 5.75 Å². The largest absolute Gasteiger partial charge is 0.543 e. The molecule has 1 rings (SSSR count). The molecular weight excluding hydrogens is 260 g/mol. The summed E-state index contributed by atoms with van der Waals surface area (Å²) in [7, 11) is -1.67. The van der Waals surface area contributed by atoms with E-state index >= 15 is 0 Å². The number of carbonyl (C=O) groups excluding carboxylic acids is 1. The van der Waals surface area contributed by atoms with Gasteiger partial charge in [-0.1, -0.05) is 6.07 Å². The van der Waals surface area contributed by atoms with Gasteiger partial charge in [0.15, 0.2) is 6.29 Å². The smallest absolute Gasteiger partial charge is 0.242 e. The molecule has 0 fully saturated rings. The van der Waals surface area contributed by atoms with E-state index in [0.717, 1.165) is 10.8 Å². The zero-order chi connectivity index (χ0) is 10.8. The summed E-state index contributed by atoms with van der Waals surface area (Å²) in [5.41, 5.74) is 0.599. The fraction of sp³-hybridized carbons (Fsp3) is 0.300. The SMILES string of the molecule is C[Si](C)(C)Oc1c(Br)cccc1C=O. The van der Waals surface area contributed by atoms with E-state index < -0.39 is 8.32 Å². The Bertz CT molecular complexity index is 344. The Morgan fingerprint density at radius 1 is 1.36 bits per heavy atom. The molecule has 0 unspecified atom stereocenters. The number of aldehydes is 1. The lowest BCUT2D eigenvalue weighted by atomic mass is 10.2. The van der Waals surface area contributed by atoms with Crippen molar-refractivity contribution in [3.05, 3.63) is 28.2 Å². The quantitative estimate of drug-likeness (QED) is 0.622. The lowest BCUT2D eigenvalue weighted by Crippen LogP contribution is -2.30. The van der Waals surface area contributed by atoms with Gasteiger partial charge in [0, 0.05) is 0 Å². The highest BCUT2D eigenvalue weighted by atomic mass is 79.9. The van der Waals surface area contributed by atoms with Crippen LogP contribution in [0.4, 0.5) is 0 Å². The zero-order valence-corrected chi connectivity index (χ0v) is 11.1. The molecule has 0 aliphatic heterocycles. The molecule has 0 aromatic heterocycles. The van der Waals surface area contributed by atoms with Crippen LogP contribution in [0.25, 0.3) is 0 Å². The fourth-order valence-corrected chi connectivity index (χ4v) is 2.48. The first-order valence-corrected chi connectivity index (χ1v) is 8.57. The van der Waals surface area contributed by atoms with E-state index in [9.17, 15) is 4.79 Å². The first-order valence-electron chi connectivity index (χ1n) is 4.37. The van der Waals surface area contributed by atoms with Gasteiger partial charge < -0.3 is 4.43 Å². The average Bonchev–Trinajstić information content (AvgIpc) is 2.06. The van der Waals surface area contributed by atoms with E-state index in [0.29, 0.717) is 11.3 Å². The van der Waals surface area contributed by atoms with Gasteiger partial charge in [-0.05, 0) is 47.7 Å². The van der Waals surface area contributed by atoms with Crippen LogP contribution in [0.2, 0.25) is 19.6 Å². The van der Waals surface area contributed by atoms with Crippen LogP contribution in [-0.2, 0) is 0 Å². The first kappa shape index (κ1) is 11.5. The van der Waals surface area contributed by atoms with Crippen molar-refractivity contribution in [2.45, 2.75) is 19.6 Å². The minimum absolute atomic E-state index is 0.599. The third-order valence-corrected chi connectivity index (χ3v) is 2.97. The van der Waals surface area contributed by atoms with E-state index in [2.05, 4.69) is 35.6 Å². The van der Waals surface area contributed by atoms with Crippen molar-refractivity contribution in [3.8, 4) is 5.75 Å². The number of rotatable bonds is 3. The van der Waals surface area contributed by atoms with Crippen LogP contribution in [0.1, 0.15) is 10.4 Å². The van der Waals surface area contributed by atoms with E-state index in [1.165, 1.54) is 0 Å². The molecule has 0 saturated carbocycles. The Morgan fingerprint density at radius 3 is 2.50 bits per heavy atom. The molecule has 76 valence electrons. The Labute approximate surface area is 93.5 Å². The van der Waals surface area contributed by atoms with Crippen molar-refractivity contribution in [1.82, 2.24) is 0 Å². The molecule has 14 heavy (non-hydrogen) atoms. The average molecular weight is 273 g/mol. The summed E-state index contributed by atoms with van der Waals surface area (Å²) in [4.78, 5) is 10.8. The maximum atomic E-state index is 10.8. The molecule has 0 heterocycles. The second-order valence-electron chi connectivity index (χ2n) is 3.99. The lowest BCUT2D eigenvalue weighted by Gasteiger charge is -2.21. The number of para-hydroxylation sites is 1. The topological polar surface area (TPSA) is 26.3 Å².